The van der Waals surface area contributed by atoms with Crippen LogP contribution in [0.1, 0.15) is 19.3 Å². The fraction of sp³-hybridized carbons (Fsp3) is 0.273. The molecule has 0 unspecified atom stereocenters. The van der Waals surface area contributed by atoms with Crippen LogP contribution in [-0.2, 0) is 9.59 Å². The zero-order valence-electron chi connectivity index (χ0n) is 8.57. The highest BCUT2D eigenvalue weighted by Crippen LogP contribution is 2.28. The smallest absolute Gasteiger partial charge is 0.233 e. The average Bonchev–Trinajstić information content (AvgIpc) is 2.23. The third kappa shape index (κ3) is 1.95. The molecule has 0 spiro atoms. The van der Waals surface area contributed by atoms with Gasteiger partial charge in [0.2, 0.25) is 11.8 Å². The minimum atomic E-state index is -0.155. The van der Waals surface area contributed by atoms with Crippen LogP contribution in [0.3, 0.4) is 0 Å². The van der Waals surface area contributed by atoms with Gasteiger partial charge in [0.1, 0.15) is 0 Å². The summed E-state index contributed by atoms with van der Waals surface area (Å²) in [5.74, 6) is -0.309. The minimum absolute atomic E-state index is 0.155. The number of carbonyl (C=O) groups excluding carboxylic acids is 2. The van der Waals surface area contributed by atoms with Gasteiger partial charge in [-0.2, -0.15) is 0 Å². The SMILES string of the molecule is Nc1cc(N2C(=O)CCCC2=O)ccc1Br. The van der Waals surface area contributed by atoms with Crippen molar-refractivity contribution in [1.29, 1.82) is 0 Å². The molecule has 2 amide bonds. The average molecular weight is 283 g/mol. The topological polar surface area (TPSA) is 63.4 Å². The zero-order valence-corrected chi connectivity index (χ0v) is 10.2. The summed E-state index contributed by atoms with van der Waals surface area (Å²) >= 11 is 3.27. The molecule has 1 aromatic carbocycles. The van der Waals surface area contributed by atoms with Crippen LogP contribution in [0.4, 0.5) is 11.4 Å². The fourth-order valence-electron chi connectivity index (χ4n) is 1.71. The van der Waals surface area contributed by atoms with E-state index in [1.54, 1.807) is 18.2 Å². The number of rotatable bonds is 1. The van der Waals surface area contributed by atoms with Crippen molar-refractivity contribution in [3.63, 3.8) is 0 Å². The van der Waals surface area contributed by atoms with Gasteiger partial charge in [-0.3, -0.25) is 14.5 Å². The lowest BCUT2D eigenvalue weighted by Crippen LogP contribution is -2.40. The quantitative estimate of drug-likeness (QED) is 0.634. The highest BCUT2D eigenvalue weighted by atomic mass is 79.9. The molecule has 84 valence electrons. The number of nitrogen functional groups attached to an aromatic ring is 1. The van der Waals surface area contributed by atoms with Crippen LogP contribution in [0.5, 0.6) is 0 Å². The summed E-state index contributed by atoms with van der Waals surface area (Å²) < 4.78 is 0.758. The van der Waals surface area contributed by atoms with Gasteiger partial charge in [-0.05, 0) is 40.5 Å². The molecule has 0 aromatic heterocycles. The number of nitrogens with zero attached hydrogens (tertiary/aromatic N) is 1. The molecule has 16 heavy (non-hydrogen) atoms. The summed E-state index contributed by atoms with van der Waals surface area (Å²) in [5, 5.41) is 0. The van der Waals surface area contributed by atoms with Crippen LogP contribution in [0, 0.1) is 0 Å². The predicted octanol–water partition coefficient (Wildman–Crippen LogP) is 2.07. The third-order valence-electron chi connectivity index (χ3n) is 2.52. The van der Waals surface area contributed by atoms with Crippen molar-refractivity contribution < 1.29 is 9.59 Å². The highest BCUT2D eigenvalue weighted by Gasteiger charge is 2.27. The van der Waals surface area contributed by atoms with E-state index in [1.165, 1.54) is 4.90 Å². The molecule has 2 N–H and O–H groups in total. The van der Waals surface area contributed by atoms with Gasteiger partial charge < -0.3 is 5.73 Å². The fourth-order valence-corrected chi connectivity index (χ4v) is 1.96. The van der Waals surface area contributed by atoms with E-state index in [2.05, 4.69) is 15.9 Å². The summed E-state index contributed by atoms with van der Waals surface area (Å²) in [6.07, 6.45) is 1.48. The molecular weight excluding hydrogens is 272 g/mol. The Kier molecular flexibility index (Phi) is 2.96. The number of piperidine rings is 1. The largest absolute Gasteiger partial charge is 0.398 e. The number of halogens is 1. The molecule has 0 aliphatic carbocycles. The minimum Gasteiger partial charge on any atom is -0.398 e. The molecule has 2 rings (SSSR count). The van der Waals surface area contributed by atoms with Gasteiger partial charge >= 0.3 is 0 Å². The first-order chi connectivity index (χ1) is 7.59. The van der Waals surface area contributed by atoms with Crippen molar-refractivity contribution in [2.45, 2.75) is 19.3 Å². The number of benzene rings is 1. The van der Waals surface area contributed by atoms with E-state index in [1.807, 2.05) is 0 Å². The Hall–Kier alpha value is -1.36. The number of hydrogen-bond acceptors (Lipinski definition) is 3. The molecule has 1 heterocycles. The molecule has 5 heteroatoms. The summed E-state index contributed by atoms with van der Waals surface area (Å²) in [4.78, 5) is 24.5. The van der Waals surface area contributed by atoms with Crippen LogP contribution in [0.2, 0.25) is 0 Å². The molecule has 1 saturated heterocycles. The predicted molar refractivity (Wildman–Crippen MR) is 64.9 cm³/mol. The van der Waals surface area contributed by atoms with Gasteiger partial charge in [0.15, 0.2) is 0 Å². The van der Waals surface area contributed by atoms with Crippen LogP contribution in [0.15, 0.2) is 22.7 Å². The molecule has 1 aliphatic heterocycles. The van der Waals surface area contributed by atoms with E-state index in [9.17, 15) is 9.59 Å². The Morgan fingerprint density at radius 1 is 1.19 bits per heavy atom. The maximum Gasteiger partial charge on any atom is 0.233 e. The Bertz CT molecular complexity index is 443. The van der Waals surface area contributed by atoms with Crippen LogP contribution in [0.25, 0.3) is 0 Å². The Balaban J connectivity index is 2.38. The van der Waals surface area contributed by atoms with Gasteiger partial charge in [-0.15, -0.1) is 0 Å². The molecule has 0 bridgehead atoms. The molecule has 0 radical (unpaired) electrons. The molecule has 1 aromatic rings. The maximum atomic E-state index is 11.7. The summed E-state index contributed by atoms with van der Waals surface area (Å²) in [5.41, 5.74) is 6.79. The van der Waals surface area contributed by atoms with E-state index >= 15 is 0 Å². The molecule has 0 atom stereocenters. The van der Waals surface area contributed by atoms with Gasteiger partial charge in [0, 0.05) is 23.0 Å². The van der Waals surface area contributed by atoms with Crippen LogP contribution < -0.4 is 10.6 Å². The van der Waals surface area contributed by atoms with E-state index in [-0.39, 0.29) is 11.8 Å². The third-order valence-corrected chi connectivity index (χ3v) is 3.24. The first-order valence-electron chi connectivity index (χ1n) is 5.00. The van der Waals surface area contributed by atoms with E-state index in [4.69, 9.17) is 5.73 Å². The zero-order chi connectivity index (χ0) is 11.7. The van der Waals surface area contributed by atoms with Crippen molar-refractivity contribution in [3.05, 3.63) is 22.7 Å². The molecule has 4 nitrogen and oxygen atoms in total. The second-order valence-corrected chi connectivity index (χ2v) is 4.54. The molecule has 1 fully saturated rings. The standard InChI is InChI=1S/C11H11BrN2O2/c12-8-5-4-7(6-9(8)13)14-10(15)2-1-3-11(14)16/h4-6H,1-3,13H2. The molecular formula is C11H11BrN2O2. The van der Waals surface area contributed by atoms with Gasteiger partial charge in [0.05, 0.1) is 5.69 Å². The number of carbonyl (C=O) groups is 2. The summed E-state index contributed by atoms with van der Waals surface area (Å²) in [7, 11) is 0. The van der Waals surface area contributed by atoms with E-state index < -0.39 is 0 Å². The lowest BCUT2D eigenvalue weighted by Gasteiger charge is -2.25. The van der Waals surface area contributed by atoms with E-state index in [0.717, 1.165) is 4.47 Å². The summed E-state index contributed by atoms with van der Waals surface area (Å²) in [6, 6.07) is 5.08. The molecule has 0 saturated carbocycles. The number of amides is 2. The van der Waals surface area contributed by atoms with E-state index in [0.29, 0.717) is 30.6 Å². The Morgan fingerprint density at radius 3 is 2.38 bits per heavy atom. The highest BCUT2D eigenvalue weighted by molar-refractivity contribution is 9.10. The van der Waals surface area contributed by atoms with Crippen molar-refractivity contribution in [1.82, 2.24) is 0 Å². The Labute approximate surface area is 102 Å². The number of nitrogens with two attached hydrogens (primary N) is 1. The van der Waals surface area contributed by atoms with Gasteiger partial charge in [-0.25, -0.2) is 0 Å². The first-order valence-corrected chi connectivity index (χ1v) is 5.79. The van der Waals surface area contributed by atoms with Gasteiger partial charge in [0.25, 0.3) is 0 Å². The van der Waals surface area contributed by atoms with Crippen molar-refractivity contribution in [2.75, 3.05) is 10.6 Å². The lowest BCUT2D eigenvalue weighted by atomic mass is 10.1. The van der Waals surface area contributed by atoms with Crippen molar-refractivity contribution in [2.24, 2.45) is 0 Å². The lowest BCUT2D eigenvalue weighted by molar-refractivity contribution is -0.129. The number of hydrogen-bond donors (Lipinski definition) is 1. The first kappa shape index (κ1) is 11.1. The summed E-state index contributed by atoms with van der Waals surface area (Å²) in [6.45, 7) is 0. The second kappa shape index (κ2) is 4.25. The van der Waals surface area contributed by atoms with Crippen LogP contribution in [-0.4, -0.2) is 11.8 Å². The second-order valence-electron chi connectivity index (χ2n) is 3.68. The monoisotopic (exact) mass is 282 g/mol. The van der Waals surface area contributed by atoms with Crippen molar-refractivity contribution >= 4 is 39.1 Å². The number of imide groups is 1. The maximum absolute atomic E-state index is 11.7. The normalized spacial score (nSPS) is 16.7. The van der Waals surface area contributed by atoms with Crippen molar-refractivity contribution in [3.8, 4) is 0 Å². The van der Waals surface area contributed by atoms with Gasteiger partial charge in [-0.1, -0.05) is 0 Å². The number of anilines is 2. The Morgan fingerprint density at radius 2 is 1.81 bits per heavy atom. The molecule has 1 aliphatic rings. The van der Waals surface area contributed by atoms with Crippen LogP contribution >= 0.6 is 15.9 Å².